The quantitative estimate of drug-likeness (QED) is 0.164. The molecule has 2 aromatic heterocycles. The summed E-state index contributed by atoms with van der Waals surface area (Å²) in [5.41, 5.74) is 3.13. The maximum Gasteiger partial charge on any atom is 0.337 e. The van der Waals surface area contributed by atoms with Gasteiger partial charge in [0.15, 0.2) is 0 Å². The number of rotatable bonds is 11. The minimum absolute atomic E-state index is 0.119. The average Bonchev–Trinajstić information content (AvgIpc) is 3.50. The summed E-state index contributed by atoms with van der Waals surface area (Å²) >= 11 is 12.8. The Morgan fingerprint density at radius 1 is 1.00 bits per heavy atom. The van der Waals surface area contributed by atoms with Crippen LogP contribution in [0.2, 0.25) is 10.0 Å². The highest BCUT2D eigenvalue weighted by Crippen LogP contribution is 2.46. The van der Waals surface area contributed by atoms with Gasteiger partial charge in [0.25, 0.3) is 5.89 Å². The highest BCUT2D eigenvalue weighted by atomic mass is 35.5. The molecule has 1 aliphatic rings. The largest absolute Gasteiger partial charge is 0.465 e. The van der Waals surface area contributed by atoms with Crippen molar-refractivity contribution in [2.45, 2.75) is 32.0 Å². The number of ether oxygens (including phenoxy) is 3. The minimum atomic E-state index is -0.438. The third-order valence-corrected chi connectivity index (χ3v) is 6.45. The molecular formula is C26H23Cl2N3O6. The molecule has 0 unspecified atom stereocenters. The van der Waals surface area contributed by atoms with Crippen LogP contribution in [0.15, 0.2) is 51.5 Å². The molecule has 0 spiro atoms. The van der Waals surface area contributed by atoms with E-state index in [2.05, 4.69) is 15.3 Å². The van der Waals surface area contributed by atoms with Gasteiger partial charge in [-0.05, 0) is 37.1 Å². The van der Waals surface area contributed by atoms with E-state index in [0.717, 1.165) is 24.2 Å². The van der Waals surface area contributed by atoms with Crippen molar-refractivity contribution in [3.8, 4) is 22.6 Å². The lowest BCUT2D eigenvalue weighted by Crippen LogP contribution is -2.06. The first-order valence-electron chi connectivity index (χ1n) is 11.6. The van der Waals surface area contributed by atoms with Crippen LogP contribution in [0.25, 0.3) is 22.6 Å². The Morgan fingerprint density at radius 3 is 2.46 bits per heavy atom. The fraction of sp³-hybridized carbons (Fsp3) is 0.308. The Labute approximate surface area is 222 Å². The van der Waals surface area contributed by atoms with E-state index >= 15 is 0 Å². The van der Waals surface area contributed by atoms with Crippen molar-refractivity contribution >= 4 is 29.2 Å². The molecule has 4 aromatic rings. The van der Waals surface area contributed by atoms with Gasteiger partial charge < -0.3 is 23.3 Å². The van der Waals surface area contributed by atoms with Crippen LogP contribution in [0, 0.1) is 0 Å². The van der Waals surface area contributed by atoms with Gasteiger partial charge in [0.1, 0.15) is 18.1 Å². The van der Waals surface area contributed by atoms with Crippen LogP contribution < -0.4 is 0 Å². The lowest BCUT2D eigenvalue weighted by Gasteiger charge is -2.08. The zero-order valence-electron chi connectivity index (χ0n) is 19.9. The van der Waals surface area contributed by atoms with E-state index in [4.69, 9.17) is 46.5 Å². The highest BCUT2D eigenvalue weighted by Gasteiger charge is 2.33. The summed E-state index contributed by atoms with van der Waals surface area (Å²) in [5.74, 6) is 1.39. The number of carbonyl (C=O) groups is 1. The molecule has 9 nitrogen and oxygen atoms in total. The summed E-state index contributed by atoms with van der Waals surface area (Å²) in [7, 11) is 1.33. The first-order valence-corrected chi connectivity index (χ1v) is 12.4. The van der Waals surface area contributed by atoms with Gasteiger partial charge in [-0.25, -0.2) is 4.79 Å². The Morgan fingerprint density at radius 2 is 1.73 bits per heavy atom. The van der Waals surface area contributed by atoms with Gasteiger partial charge in [-0.2, -0.15) is 4.98 Å². The lowest BCUT2D eigenvalue weighted by molar-refractivity contribution is 0.0253. The van der Waals surface area contributed by atoms with Crippen molar-refractivity contribution in [2.75, 3.05) is 20.3 Å². The molecule has 1 aliphatic carbocycles. The predicted molar refractivity (Wildman–Crippen MR) is 134 cm³/mol. The standard InChI is InChI=1S/C26H23Cl2N3O6/c1-33-26(32)17-5-2-4-16(12-17)25-29-21(36-31-25)14-35-11-10-34-13-18-23(30-37-24(18)15-8-9-15)22-19(27)6-3-7-20(22)28/h2-7,12,15H,8-11,13-14H2,1H3. The number of halogens is 2. The molecule has 0 amide bonds. The maximum atomic E-state index is 11.7. The monoisotopic (exact) mass is 543 g/mol. The smallest absolute Gasteiger partial charge is 0.337 e. The van der Waals surface area contributed by atoms with Crippen molar-refractivity contribution in [3.63, 3.8) is 0 Å². The van der Waals surface area contributed by atoms with Gasteiger partial charge in [-0.1, -0.05) is 51.7 Å². The van der Waals surface area contributed by atoms with Crippen molar-refractivity contribution in [2.24, 2.45) is 0 Å². The van der Waals surface area contributed by atoms with Crippen LogP contribution in [0.1, 0.15) is 46.3 Å². The van der Waals surface area contributed by atoms with Crippen LogP contribution in [-0.2, 0) is 27.4 Å². The molecule has 2 aromatic carbocycles. The molecule has 192 valence electrons. The maximum absolute atomic E-state index is 11.7. The fourth-order valence-electron chi connectivity index (χ4n) is 3.83. The first-order chi connectivity index (χ1) is 18.0. The van der Waals surface area contributed by atoms with Crippen LogP contribution in [0.4, 0.5) is 0 Å². The van der Waals surface area contributed by atoms with Crippen molar-refractivity contribution in [1.29, 1.82) is 0 Å². The zero-order valence-corrected chi connectivity index (χ0v) is 21.4. The Balaban J connectivity index is 1.15. The van der Waals surface area contributed by atoms with Crippen LogP contribution in [0.3, 0.4) is 0 Å². The Hall–Kier alpha value is -3.24. The zero-order chi connectivity index (χ0) is 25.8. The molecule has 0 bridgehead atoms. The number of nitrogens with zero attached hydrogens (tertiary/aromatic N) is 3. The van der Waals surface area contributed by atoms with E-state index in [9.17, 15) is 4.79 Å². The van der Waals surface area contributed by atoms with Crippen LogP contribution >= 0.6 is 23.2 Å². The summed E-state index contributed by atoms with van der Waals surface area (Å²) in [6, 6.07) is 12.1. The average molecular weight is 544 g/mol. The summed E-state index contributed by atoms with van der Waals surface area (Å²) in [6.45, 7) is 1.04. The Bertz CT molecular complexity index is 1380. The number of hydrogen-bond donors (Lipinski definition) is 0. The van der Waals surface area contributed by atoms with Gasteiger partial charge in [-0.3, -0.25) is 0 Å². The number of carbonyl (C=O) groups excluding carboxylic acids is 1. The molecule has 0 saturated heterocycles. The molecule has 11 heteroatoms. The second kappa shape index (κ2) is 11.4. The molecule has 2 heterocycles. The number of esters is 1. The molecule has 5 rings (SSSR count). The number of hydrogen-bond acceptors (Lipinski definition) is 9. The second-order valence-corrected chi connectivity index (χ2v) is 9.25. The third kappa shape index (κ3) is 5.86. The predicted octanol–water partition coefficient (Wildman–Crippen LogP) is 6.10. The summed E-state index contributed by atoms with van der Waals surface area (Å²) in [5, 5.41) is 9.23. The van der Waals surface area contributed by atoms with Gasteiger partial charge in [0.05, 0.1) is 42.5 Å². The van der Waals surface area contributed by atoms with Crippen molar-refractivity contribution < 1.29 is 28.1 Å². The molecular weight excluding hydrogens is 521 g/mol. The van der Waals surface area contributed by atoms with Crippen molar-refractivity contribution in [1.82, 2.24) is 15.3 Å². The minimum Gasteiger partial charge on any atom is -0.465 e. The first kappa shape index (κ1) is 25.4. The SMILES string of the molecule is COC(=O)c1cccc(-c2noc(COCCOCc3c(-c4c(Cl)cccc4Cl)noc3C3CC3)n2)c1. The highest BCUT2D eigenvalue weighted by molar-refractivity contribution is 6.39. The number of aromatic nitrogens is 3. The topological polar surface area (TPSA) is 110 Å². The van der Waals surface area contributed by atoms with E-state index in [1.807, 2.05) is 0 Å². The van der Waals surface area contributed by atoms with Crippen molar-refractivity contribution in [3.05, 3.63) is 75.3 Å². The molecule has 1 saturated carbocycles. The normalized spacial score (nSPS) is 13.2. The van der Waals surface area contributed by atoms with Crippen LogP contribution in [0.5, 0.6) is 0 Å². The van der Waals surface area contributed by atoms with E-state index < -0.39 is 5.97 Å². The van der Waals surface area contributed by atoms with E-state index in [0.29, 0.717) is 63.3 Å². The molecule has 0 N–H and O–H groups in total. The molecule has 37 heavy (non-hydrogen) atoms. The second-order valence-electron chi connectivity index (χ2n) is 8.43. The lowest BCUT2D eigenvalue weighted by atomic mass is 10.0. The van der Waals surface area contributed by atoms with Gasteiger partial charge in [-0.15, -0.1) is 0 Å². The van der Waals surface area contributed by atoms with E-state index in [-0.39, 0.29) is 13.2 Å². The van der Waals surface area contributed by atoms with E-state index in [1.54, 1.807) is 42.5 Å². The molecule has 0 radical (unpaired) electrons. The third-order valence-electron chi connectivity index (χ3n) is 5.82. The summed E-state index contributed by atoms with van der Waals surface area (Å²) in [6.07, 6.45) is 2.11. The number of benzene rings is 2. The summed E-state index contributed by atoms with van der Waals surface area (Å²) in [4.78, 5) is 16.1. The van der Waals surface area contributed by atoms with Gasteiger partial charge in [0, 0.05) is 22.6 Å². The fourth-order valence-corrected chi connectivity index (χ4v) is 4.41. The summed E-state index contributed by atoms with van der Waals surface area (Å²) < 4.78 is 27.2. The van der Waals surface area contributed by atoms with Gasteiger partial charge >= 0.3 is 5.97 Å². The van der Waals surface area contributed by atoms with Crippen LogP contribution in [-0.4, -0.2) is 41.6 Å². The molecule has 0 atom stereocenters. The van der Waals surface area contributed by atoms with E-state index in [1.165, 1.54) is 7.11 Å². The van der Waals surface area contributed by atoms with Gasteiger partial charge in [0.2, 0.25) is 5.82 Å². The Kier molecular flexibility index (Phi) is 7.85. The molecule has 1 fully saturated rings. The molecule has 0 aliphatic heterocycles. The number of methoxy groups -OCH3 is 1.